The second-order valence-corrected chi connectivity index (χ2v) is 2.99. The molecule has 0 aromatic carbocycles. The molecule has 0 radical (unpaired) electrons. The lowest BCUT2D eigenvalue weighted by Gasteiger charge is -2.10. The minimum atomic E-state index is -2.97. The van der Waals surface area contributed by atoms with Crippen LogP contribution in [-0.2, 0) is 0 Å². The molecule has 0 aliphatic heterocycles. The molecule has 0 saturated carbocycles. The number of aromatic nitrogens is 1. The first-order chi connectivity index (χ1) is 7.52. The van der Waals surface area contributed by atoms with Crippen LogP contribution in [0.5, 0.6) is 5.75 Å². The summed E-state index contributed by atoms with van der Waals surface area (Å²) >= 11 is 5.16. The zero-order chi connectivity index (χ0) is 12.3. The molecule has 0 atom stereocenters. The minimum Gasteiger partial charge on any atom is -0.494 e. The number of hydrogen-bond acceptors (Lipinski definition) is 4. The van der Waals surface area contributed by atoms with Crippen LogP contribution < -0.4 is 4.74 Å². The third-order valence-electron chi connectivity index (χ3n) is 1.79. The maximum Gasteiger partial charge on any atom is 0.281 e. The third-order valence-corrected chi connectivity index (χ3v) is 1.98. The molecule has 4 nitrogen and oxygen atoms in total. The molecule has 0 aliphatic rings. The number of halogens is 3. The number of ether oxygens (including phenoxy) is 1. The Morgan fingerprint density at radius 1 is 1.69 bits per heavy atom. The second-order valence-electron chi connectivity index (χ2n) is 2.65. The summed E-state index contributed by atoms with van der Waals surface area (Å²) in [5, 5.41) is 7.53. The molecule has 84 valence electrons. The summed E-state index contributed by atoms with van der Waals surface area (Å²) in [5.41, 5.74) is -1.50. The van der Waals surface area contributed by atoms with E-state index in [1.54, 1.807) is 6.07 Å². The maximum atomic E-state index is 12.5. The summed E-state index contributed by atoms with van der Waals surface area (Å²) in [7, 11) is 1.15. The van der Waals surface area contributed by atoms with Crippen LogP contribution in [0.15, 0.2) is 6.20 Å². The zero-order valence-electron chi connectivity index (χ0n) is 8.00. The summed E-state index contributed by atoms with van der Waals surface area (Å²) in [5.74, 6) is -0.284. The molecular formula is C9H5ClF2N2O2. The number of carbonyl (C=O) groups excluding carboxylic acids is 1. The molecule has 1 rings (SSSR count). The van der Waals surface area contributed by atoms with E-state index < -0.39 is 22.9 Å². The first kappa shape index (κ1) is 12.3. The van der Waals surface area contributed by atoms with E-state index in [2.05, 4.69) is 4.98 Å². The van der Waals surface area contributed by atoms with Gasteiger partial charge in [0.05, 0.1) is 7.11 Å². The molecule has 0 fully saturated rings. The quantitative estimate of drug-likeness (QED) is 0.768. The van der Waals surface area contributed by atoms with Crippen molar-refractivity contribution in [3.8, 4) is 11.8 Å². The van der Waals surface area contributed by atoms with E-state index in [0.29, 0.717) is 0 Å². The molecule has 0 bridgehead atoms. The lowest BCUT2D eigenvalue weighted by molar-refractivity contribution is 0.105. The minimum absolute atomic E-state index is 0.129. The van der Waals surface area contributed by atoms with E-state index in [-0.39, 0.29) is 11.3 Å². The highest BCUT2D eigenvalue weighted by molar-refractivity contribution is 6.68. The predicted molar refractivity (Wildman–Crippen MR) is 50.6 cm³/mol. The second kappa shape index (κ2) is 4.86. The number of methoxy groups -OCH3 is 1. The summed E-state index contributed by atoms with van der Waals surface area (Å²) in [4.78, 5) is 14.3. The van der Waals surface area contributed by atoms with Crippen molar-refractivity contribution in [1.29, 1.82) is 5.26 Å². The van der Waals surface area contributed by atoms with Crippen LogP contribution in [0.2, 0.25) is 0 Å². The Morgan fingerprint density at radius 2 is 2.31 bits per heavy atom. The first-order valence-electron chi connectivity index (χ1n) is 3.97. The third kappa shape index (κ3) is 2.09. The number of rotatable bonds is 3. The zero-order valence-corrected chi connectivity index (χ0v) is 8.76. The van der Waals surface area contributed by atoms with Gasteiger partial charge in [0, 0.05) is 6.20 Å². The van der Waals surface area contributed by atoms with Crippen LogP contribution in [0.4, 0.5) is 8.78 Å². The summed E-state index contributed by atoms with van der Waals surface area (Å²) in [6.45, 7) is 0. The van der Waals surface area contributed by atoms with Crippen molar-refractivity contribution >= 4 is 16.8 Å². The number of nitriles is 1. The van der Waals surface area contributed by atoms with Gasteiger partial charge in [-0.2, -0.15) is 5.26 Å². The fraction of sp³-hybridized carbons (Fsp3) is 0.222. The molecule has 0 N–H and O–H groups in total. The van der Waals surface area contributed by atoms with Gasteiger partial charge in [-0.05, 0) is 11.6 Å². The maximum absolute atomic E-state index is 12.5. The number of carbonyl (C=O) groups is 1. The molecular weight excluding hydrogens is 242 g/mol. The smallest absolute Gasteiger partial charge is 0.281 e. The largest absolute Gasteiger partial charge is 0.494 e. The Morgan fingerprint density at radius 3 is 2.69 bits per heavy atom. The Kier molecular flexibility index (Phi) is 3.74. The number of pyridine rings is 1. The van der Waals surface area contributed by atoms with Crippen molar-refractivity contribution in [3.05, 3.63) is 23.0 Å². The topological polar surface area (TPSA) is 63.0 Å². The highest BCUT2D eigenvalue weighted by atomic mass is 35.5. The van der Waals surface area contributed by atoms with Gasteiger partial charge in [0.2, 0.25) is 0 Å². The monoisotopic (exact) mass is 246 g/mol. The van der Waals surface area contributed by atoms with E-state index in [4.69, 9.17) is 21.6 Å². The van der Waals surface area contributed by atoms with E-state index in [9.17, 15) is 13.6 Å². The van der Waals surface area contributed by atoms with Crippen molar-refractivity contribution in [1.82, 2.24) is 4.98 Å². The summed E-state index contributed by atoms with van der Waals surface area (Å²) in [6.07, 6.45) is -2.07. The molecule has 16 heavy (non-hydrogen) atoms. The molecule has 0 amide bonds. The van der Waals surface area contributed by atoms with Gasteiger partial charge >= 0.3 is 0 Å². The summed E-state index contributed by atoms with van der Waals surface area (Å²) < 4.78 is 29.8. The predicted octanol–water partition coefficient (Wildman–Crippen LogP) is 2.28. The molecule has 0 saturated heterocycles. The first-order valence-corrected chi connectivity index (χ1v) is 4.35. The number of nitrogens with zero attached hydrogens (tertiary/aromatic N) is 2. The van der Waals surface area contributed by atoms with Gasteiger partial charge < -0.3 is 4.74 Å². The number of alkyl halides is 2. The lowest BCUT2D eigenvalue weighted by atomic mass is 10.1. The molecule has 7 heteroatoms. The Hall–Kier alpha value is -1.74. The molecule has 0 aliphatic carbocycles. The highest BCUT2D eigenvalue weighted by Gasteiger charge is 2.25. The molecule has 1 heterocycles. The van der Waals surface area contributed by atoms with Gasteiger partial charge in [-0.25, -0.2) is 8.78 Å². The van der Waals surface area contributed by atoms with Gasteiger partial charge in [-0.1, -0.05) is 0 Å². The van der Waals surface area contributed by atoms with Crippen LogP contribution in [0.1, 0.15) is 28.0 Å². The Bertz CT molecular complexity index is 471. The van der Waals surface area contributed by atoms with E-state index in [0.717, 1.165) is 13.3 Å². The van der Waals surface area contributed by atoms with Crippen molar-refractivity contribution in [3.63, 3.8) is 0 Å². The average molecular weight is 247 g/mol. The van der Waals surface area contributed by atoms with Crippen LogP contribution in [-0.4, -0.2) is 17.3 Å². The molecule has 0 spiro atoms. The Labute approximate surface area is 94.4 Å². The van der Waals surface area contributed by atoms with Crippen LogP contribution in [0.3, 0.4) is 0 Å². The fourth-order valence-electron chi connectivity index (χ4n) is 1.16. The highest BCUT2D eigenvalue weighted by Crippen LogP contribution is 2.31. The van der Waals surface area contributed by atoms with Crippen molar-refractivity contribution in [2.24, 2.45) is 0 Å². The lowest BCUT2D eigenvalue weighted by Crippen LogP contribution is -2.06. The van der Waals surface area contributed by atoms with Gasteiger partial charge in [-0.3, -0.25) is 9.78 Å². The van der Waals surface area contributed by atoms with E-state index >= 15 is 0 Å². The molecule has 0 unspecified atom stereocenters. The van der Waals surface area contributed by atoms with E-state index in [1.165, 1.54) is 0 Å². The van der Waals surface area contributed by atoms with E-state index in [1.807, 2.05) is 0 Å². The van der Waals surface area contributed by atoms with Crippen LogP contribution in [0, 0.1) is 11.3 Å². The normalized spacial score (nSPS) is 10.0. The van der Waals surface area contributed by atoms with Gasteiger partial charge in [0.15, 0.2) is 5.75 Å². The SMILES string of the molecule is COc1c(C#N)cnc(C(F)F)c1C(=O)Cl. The molecule has 1 aromatic rings. The number of hydrogen-bond donors (Lipinski definition) is 0. The van der Waals surface area contributed by atoms with Gasteiger partial charge in [-0.15, -0.1) is 0 Å². The Balaban J connectivity index is 3.58. The summed E-state index contributed by atoms with van der Waals surface area (Å²) in [6, 6.07) is 1.66. The molecule has 1 aromatic heterocycles. The average Bonchev–Trinajstić information content (AvgIpc) is 2.26. The van der Waals surface area contributed by atoms with Crippen LogP contribution >= 0.6 is 11.6 Å². The van der Waals surface area contributed by atoms with Crippen molar-refractivity contribution in [2.45, 2.75) is 6.43 Å². The van der Waals surface area contributed by atoms with Gasteiger partial charge in [0.1, 0.15) is 22.9 Å². The van der Waals surface area contributed by atoms with Crippen molar-refractivity contribution < 1.29 is 18.3 Å². The standard InChI is InChI=1S/C9H5ClF2N2O2/c1-16-7-4(2-13)3-14-6(9(11)12)5(7)8(10)15/h3,9H,1H3. The van der Waals surface area contributed by atoms with Gasteiger partial charge in [0.25, 0.3) is 11.7 Å². The van der Waals surface area contributed by atoms with Crippen LogP contribution in [0.25, 0.3) is 0 Å². The van der Waals surface area contributed by atoms with Crippen molar-refractivity contribution in [2.75, 3.05) is 7.11 Å². The fourth-order valence-corrected chi connectivity index (χ4v) is 1.34.